The van der Waals surface area contributed by atoms with E-state index in [2.05, 4.69) is 26.1 Å². The Labute approximate surface area is 95.4 Å². The molecule has 3 nitrogen and oxygen atoms in total. The predicted octanol–water partition coefficient (Wildman–Crippen LogP) is 1.30. The minimum absolute atomic E-state index is 0.125. The quantitative estimate of drug-likeness (QED) is 0.795. The van der Waals surface area contributed by atoms with Crippen molar-refractivity contribution in [2.24, 2.45) is 0 Å². The van der Waals surface area contributed by atoms with Crippen LogP contribution in [0.15, 0.2) is 0 Å². The smallest absolute Gasteiger partial charge is 0.0477 e. The Hall–Kier alpha value is 0.0700. The SMILES string of the molecule is CC(C)(C)NCCS(=O)C1CCOCC1. The van der Waals surface area contributed by atoms with Crippen molar-refractivity contribution < 1.29 is 8.95 Å². The van der Waals surface area contributed by atoms with Crippen LogP contribution < -0.4 is 5.32 Å². The zero-order valence-corrected chi connectivity index (χ0v) is 10.9. The van der Waals surface area contributed by atoms with Crippen LogP contribution in [0.4, 0.5) is 0 Å². The van der Waals surface area contributed by atoms with Crippen molar-refractivity contribution in [1.29, 1.82) is 0 Å². The molecule has 0 aromatic rings. The summed E-state index contributed by atoms with van der Waals surface area (Å²) in [5, 5.41) is 3.73. The molecule has 0 aliphatic carbocycles. The number of hydrogen-bond acceptors (Lipinski definition) is 3. The Bertz CT molecular complexity index is 207. The third kappa shape index (κ3) is 5.64. The van der Waals surface area contributed by atoms with Gasteiger partial charge in [0.05, 0.1) is 0 Å². The second-order valence-corrected chi connectivity index (χ2v) is 6.91. The molecule has 0 saturated carbocycles. The minimum atomic E-state index is -0.684. The highest BCUT2D eigenvalue weighted by molar-refractivity contribution is 7.85. The Morgan fingerprint density at radius 3 is 2.47 bits per heavy atom. The zero-order valence-electron chi connectivity index (χ0n) is 10.0. The van der Waals surface area contributed by atoms with Gasteiger partial charge < -0.3 is 10.1 Å². The zero-order chi connectivity index (χ0) is 11.3. The summed E-state index contributed by atoms with van der Waals surface area (Å²) in [5.74, 6) is 0.766. The Balaban J connectivity index is 2.17. The molecular formula is C11H23NO2S. The molecule has 1 saturated heterocycles. The molecule has 1 fully saturated rings. The third-order valence-corrected chi connectivity index (χ3v) is 4.32. The van der Waals surface area contributed by atoms with Crippen molar-refractivity contribution in [3.8, 4) is 0 Å². The van der Waals surface area contributed by atoms with Crippen molar-refractivity contribution in [1.82, 2.24) is 5.32 Å². The first-order chi connectivity index (χ1) is 6.99. The van der Waals surface area contributed by atoms with Gasteiger partial charge in [-0.15, -0.1) is 0 Å². The topological polar surface area (TPSA) is 38.3 Å². The van der Waals surface area contributed by atoms with E-state index in [0.717, 1.165) is 38.4 Å². The number of ether oxygens (including phenoxy) is 1. The normalized spacial score (nSPS) is 21.5. The first kappa shape index (κ1) is 13.1. The molecule has 1 atom stereocenters. The monoisotopic (exact) mass is 233 g/mol. The van der Waals surface area contributed by atoms with Crippen LogP contribution in [-0.2, 0) is 15.5 Å². The first-order valence-corrected chi connectivity index (χ1v) is 7.07. The standard InChI is InChI=1S/C11H23NO2S/c1-11(2,3)12-6-9-15(13)10-4-7-14-8-5-10/h10,12H,4-9H2,1-3H3. The molecule has 1 aliphatic rings. The molecule has 0 radical (unpaired) electrons. The van der Waals surface area contributed by atoms with E-state index in [1.54, 1.807) is 0 Å². The maximum atomic E-state index is 11.9. The molecule has 1 aliphatic heterocycles. The second kappa shape index (κ2) is 5.97. The molecular weight excluding hydrogens is 210 g/mol. The lowest BCUT2D eigenvalue weighted by Crippen LogP contribution is -2.39. The van der Waals surface area contributed by atoms with Crippen LogP contribution in [0.2, 0.25) is 0 Å². The summed E-state index contributed by atoms with van der Waals surface area (Å²) >= 11 is 0. The van der Waals surface area contributed by atoms with Crippen LogP contribution in [0, 0.1) is 0 Å². The Morgan fingerprint density at radius 1 is 1.33 bits per heavy atom. The van der Waals surface area contributed by atoms with Crippen LogP contribution in [0.3, 0.4) is 0 Å². The van der Waals surface area contributed by atoms with E-state index >= 15 is 0 Å². The molecule has 1 unspecified atom stereocenters. The van der Waals surface area contributed by atoms with Gasteiger partial charge in [-0.25, -0.2) is 0 Å². The number of rotatable bonds is 4. The van der Waals surface area contributed by atoms with Crippen molar-refractivity contribution in [2.75, 3.05) is 25.5 Å². The van der Waals surface area contributed by atoms with E-state index in [1.807, 2.05) is 0 Å². The van der Waals surface area contributed by atoms with Crippen molar-refractivity contribution in [3.63, 3.8) is 0 Å². The van der Waals surface area contributed by atoms with Crippen LogP contribution in [0.25, 0.3) is 0 Å². The summed E-state index contributed by atoms with van der Waals surface area (Å²) in [5.41, 5.74) is 0.125. The maximum absolute atomic E-state index is 11.9. The van der Waals surface area contributed by atoms with E-state index < -0.39 is 10.8 Å². The van der Waals surface area contributed by atoms with Gasteiger partial charge in [0.2, 0.25) is 0 Å². The highest BCUT2D eigenvalue weighted by Crippen LogP contribution is 2.13. The summed E-state index contributed by atoms with van der Waals surface area (Å²) < 4.78 is 17.2. The van der Waals surface area contributed by atoms with E-state index in [9.17, 15) is 4.21 Å². The molecule has 1 N–H and O–H groups in total. The lowest BCUT2D eigenvalue weighted by Gasteiger charge is -2.23. The fourth-order valence-corrected chi connectivity index (χ4v) is 2.99. The largest absolute Gasteiger partial charge is 0.381 e. The summed E-state index contributed by atoms with van der Waals surface area (Å²) in [6.07, 6.45) is 1.92. The fourth-order valence-electron chi connectivity index (χ4n) is 1.63. The lowest BCUT2D eigenvalue weighted by atomic mass is 10.1. The van der Waals surface area contributed by atoms with Crippen molar-refractivity contribution >= 4 is 10.8 Å². The molecule has 1 heterocycles. The van der Waals surface area contributed by atoms with Gasteiger partial charge in [0.15, 0.2) is 0 Å². The van der Waals surface area contributed by atoms with E-state index in [1.165, 1.54) is 0 Å². The fraction of sp³-hybridized carbons (Fsp3) is 1.00. The van der Waals surface area contributed by atoms with Gasteiger partial charge in [-0.1, -0.05) is 0 Å². The van der Waals surface area contributed by atoms with Crippen LogP contribution in [0.1, 0.15) is 33.6 Å². The molecule has 0 bridgehead atoms. The van der Waals surface area contributed by atoms with Gasteiger partial charge in [0.1, 0.15) is 0 Å². The Morgan fingerprint density at radius 2 is 1.93 bits per heavy atom. The third-order valence-electron chi connectivity index (χ3n) is 2.50. The second-order valence-electron chi connectivity index (χ2n) is 5.07. The van der Waals surface area contributed by atoms with Gasteiger partial charge in [0.25, 0.3) is 0 Å². The van der Waals surface area contributed by atoms with Gasteiger partial charge in [-0.3, -0.25) is 4.21 Å². The summed E-state index contributed by atoms with van der Waals surface area (Å²) in [7, 11) is -0.684. The number of nitrogens with one attached hydrogen (secondary N) is 1. The summed E-state index contributed by atoms with van der Waals surface area (Å²) in [6.45, 7) is 8.79. The molecule has 15 heavy (non-hydrogen) atoms. The first-order valence-electron chi connectivity index (χ1n) is 5.69. The van der Waals surface area contributed by atoms with Crippen LogP contribution in [-0.4, -0.2) is 40.5 Å². The van der Waals surface area contributed by atoms with Gasteiger partial charge >= 0.3 is 0 Å². The van der Waals surface area contributed by atoms with Crippen molar-refractivity contribution in [2.45, 2.75) is 44.4 Å². The molecule has 90 valence electrons. The van der Waals surface area contributed by atoms with E-state index in [-0.39, 0.29) is 5.54 Å². The van der Waals surface area contributed by atoms with Crippen LogP contribution >= 0.6 is 0 Å². The lowest BCUT2D eigenvalue weighted by molar-refractivity contribution is 0.0992. The van der Waals surface area contributed by atoms with Gasteiger partial charge in [-0.05, 0) is 33.6 Å². The molecule has 1 rings (SSSR count). The van der Waals surface area contributed by atoms with E-state index in [4.69, 9.17) is 4.74 Å². The summed E-state index contributed by atoms with van der Waals surface area (Å²) in [6, 6.07) is 0. The molecule has 0 spiro atoms. The molecule has 0 amide bonds. The average molecular weight is 233 g/mol. The van der Waals surface area contributed by atoms with Gasteiger partial charge in [-0.2, -0.15) is 0 Å². The molecule has 0 aromatic carbocycles. The predicted molar refractivity (Wildman–Crippen MR) is 64.6 cm³/mol. The highest BCUT2D eigenvalue weighted by Gasteiger charge is 2.20. The highest BCUT2D eigenvalue weighted by atomic mass is 32.2. The van der Waals surface area contributed by atoms with E-state index in [0.29, 0.717) is 5.25 Å². The molecule has 0 aromatic heterocycles. The Kier molecular flexibility index (Phi) is 5.23. The van der Waals surface area contributed by atoms with Crippen molar-refractivity contribution in [3.05, 3.63) is 0 Å². The van der Waals surface area contributed by atoms with Crippen LogP contribution in [0.5, 0.6) is 0 Å². The van der Waals surface area contributed by atoms with Gasteiger partial charge in [0, 0.05) is 47.1 Å². The molecule has 4 heteroatoms. The summed E-state index contributed by atoms with van der Waals surface area (Å²) in [4.78, 5) is 0. The maximum Gasteiger partial charge on any atom is 0.0477 e. The number of hydrogen-bond donors (Lipinski definition) is 1. The minimum Gasteiger partial charge on any atom is -0.381 e. The average Bonchev–Trinajstić information content (AvgIpc) is 2.17.